The van der Waals surface area contributed by atoms with Crippen LogP contribution in [0.4, 0.5) is 5.95 Å². The van der Waals surface area contributed by atoms with Crippen molar-refractivity contribution in [2.24, 2.45) is 5.92 Å². The lowest BCUT2D eigenvalue weighted by Gasteiger charge is -2.36. The third-order valence-corrected chi connectivity index (χ3v) is 7.20. The van der Waals surface area contributed by atoms with Gasteiger partial charge in [0.05, 0.1) is 19.0 Å². The lowest BCUT2D eigenvalue weighted by atomic mass is 9.87. The number of aliphatic hydroxyl groups excluding tert-OH is 4. The molecule has 40 heavy (non-hydrogen) atoms. The van der Waals surface area contributed by atoms with Crippen molar-refractivity contribution in [2.75, 3.05) is 12.3 Å². The zero-order valence-electron chi connectivity index (χ0n) is 20.0. The topological polar surface area (TPSA) is 313 Å². The van der Waals surface area contributed by atoms with Crippen LogP contribution in [0, 0.1) is 5.92 Å². The number of fused-ring (bicyclic) bond motifs is 1. The predicted molar refractivity (Wildman–Crippen MR) is 125 cm³/mol. The molecule has 0 aromatic carbocycles. The SMILES string of the molecule is Nc1nc2c(ncn2C2OC(CO)C(C(OP(=O)([O-])O)C3OC(n4ccc(=O)[nH]c4=O)C(O)C3O)C2O)c(=O)[nH]1. The average Bonchev–Trinajstić information content (AvgIpc) is 3.51. The second-order valence-electron chi connectivity index (χ2n) is 9.12. The molecule has 10 unspecified atom stereocenters. The minimum atomic E-state index is -5.66. The second kappa shape index (κ2) is 10.3. The first-order valence-corrected chi connectivity index (χ1v) is 13.0. The molecule has 9 N–H and O–H groups in total. The van der Waals surface area contributed by atoms with Gasteiger partial charge in [-0.3, -0.25) is 33.3 Å². The summed E-state index contributed by atoms with van der Waals surface area (Å²) >= 11 is 0. The van der Waals surface area contributed by atoms with E-state index in [1.807, 2.05) is 4.98 Å². The first-order chi connectivity index (χ1) is 18.8. The number of aliphatic hydroxyl groups is 4. The van der Waals surface area contributed by atoms with Gasteiger partial charge in [-0.15, -0.1) is 0 Å². The fourth-order valence-corrected chi connectivity index (χ4v) is 5.58. The number of nitrogens with one attached hydrogen (secondary N) is 2. The number of hydrogen-bond donors (Lipinski definition) is 8. The third kappa shape index (κ3) is 4.90. The molecule has 21 heteroatoms. The molecule has 0 aliphatic carbocycles. The van der Waals surface area contributed by atoms with Crippen molar-refractivity contribution in [3.05, 3.63) is 49.8 Å². The highest BCUT2D eigenvalue weighted by atomic mass is 31.2. The van der Waals surface area contributed by atoms with Gasteiger partial charge in [-0.25, -0.2) is 9.78 Å². The van der Waals surface area contributed by atoms with Crippen LogP contribution in [-0.4, -0.2) is 97.6 Å². The van der Waals surface area contributed by atoms with Gasteiger partial charge < -0.3 is 49.9 Å². The van der Waals surface area contributed by atoms with Crippen LogP contribution in [0.25, 0.3) is 11.2 Å². The molecule has 20 nitrogen and oxygen atoms in total. The fraction of sp³-hybridized carbons (Fsp3) is 0.526. The maximum Gasteiger partial charge on any atom is 0.330 e. The zero-order chi connectivity index (χ0) is 29.1. The van der Waals surface area contributed by atoms with Gasteiger partial charge >= 0.3 is 5.69 Å². The van der Waals surface area contributed by atoms with Crippen LogP contribution in [0.5, 0.6) is 0 Å². The number of nitrogens with zero attached hydrogens (tertiary/aromatic N) is 4. The Morgan fingerprint density at radius 3 is 2.48 bits per heavy atom. The minimum absolute atomic E-state index is 0.137. The van der Waals surface area contributed by atoms with Gasteiger partial charge in [0.15, 0.2) is 23.6 Å². The zero-order valence-corrected chi connectivity index (χ0v) is 20.8. The van der Waals surface area contributed by atoms with Gasteiger partial charge in [0.1, 0.15) is 30.5 Å². The monoisotopic (exact) mass is 588 g/mol. The molecule has 2 aliphatic heterocycles. The summed E-state index contributed by atoms with van der Waals surface area (Å²) in [5, 5.41) is 42.7. The molecule has 5 heterocycles. The number of ether oxygens (including phenoxy) is 2. The summed E-state index contributed by atoms with van der Waals surface area (Å²) in [6, 6.07) is 0.924. The van der Waals surface area contributed by atoms with E-state index in [1.54, 1.807) is 0 Å². The van der Waals surface area contributed by atoms with Crippen LogP contribution < -0.4 is 27.4 Å². The highest BCUT2D eigenvalue weighted by molar-refractivity contribution is 7.44. The number of aromatic amines is 2. The van der Waals surface area contributed by atoms with E-state index in [4.69, 9.17) is 19.7 Å². The summed E-state index contributed by atoms with van der Waals surface area (Å²) < 4.78 is 29.7. The van der Waals surface area contributed by atoms with Gasteiger partial charge in [-0.05, 0) is 0 Å². The summed E-state index contributed by atoms with van der Waals surface area (Å²) in [5.41, 5.74) is 2.76. The third-order valence-electron chi connectivity index (χ3n) is 6.69. The number of hydrogen-bond acceptors (Lipinski definition) is 15. The molecule has 3 aromatic heterocycles. The number of aromatic nitrogens is 6. The first kappa shape index (κ1) is 28.2. The van der Waals surface area contributed by atoms with Crippen molar-refractivity contribution in [3.8, 4) is 0 Å². The molecule has 0 saturated carbocycles. The molecule has 10 atom stereocenters. The standard InChI is InChI=1S/C19H24N7O13P/c20-18-23-14-8(15(32)24-18)21-4-26(14)16-9(29)7(5(3-27)37-16)12(39-40(34,35)36)13-10(30)11(31)17(38-13)25-2-1-6(28)22-19(25)33/h1-2,4-5,7,9-13,16-17,27,29-31H,3H2,(H,22,28,33)(H2,34,35,36)(H3,20,23,24,32)/p-1. The molecular weight excluding hydrogens is 565 g/mol. The molecule has 2 aliphatic rings. The van der Waals surface area contributed by atoms with Gasteiger partial charge in [0.2, 0.25) is 5.95 Å². The van der Waals surface area contributed by atoms with E-state index < -0.39 is 86.2 Å². The summed E-state index contributed by atoms with van der Waals surface area (Å²) in [6.45, 7) is -0.858. The van der Waals surface area contributed by atoms with Crippen molar-refractivity contribution in [1.29, 1.82) is 0 Å². The van der Waals surface area contributed by atoms with Crippen molar-refractivity contribution in [3.63, 3.8) is 0 Å². The van der Waals surface area contributed by atoms with Crippen molar-refractivity contribution in [1.82, 2.24) is 29.1 Å². The van der Waals surface area contributed by atoms with Crippen molar-refractivity contribution >= 4 is 24.9 Å². The molecule has 0 radical (unpaired) electrons. The summed E-state index contributed by atoms with van der Waals surface area (Å²) in [4.78, 5) is 69.3. The largest absolute Gasteiger partial charge is 0.756 e. The van der Waals surface area contributed by atoms with Crippen LogP contribution in [0.15, 0.2) is 33.0 Å². The lowest BCUT2D eigenvalue weighted by Crippen LogP contribution is -2.50. The summed E-state index contributed by atoms with van der Waals surface area (Å²) in [6.07, 6.45) is -12.2. The first-order valence-electron chi connectivity index (χ1n) is 11.5. The maximum atomic E-state index is 12.2. The van der Waals surface area contributed by atoms with Gasteiger partial charge in [-0.2, -0.15) is 4.98 Å². The fourth-order valence-electron chi connectivity index (χ4n) is 5.01. The van der Waals surface area contributed by atoms with E-state index in [0.29, 0.717) is 4.57 Å². The van der Waals surface area contributed by atoms with Crippen LogP contribution in [0.1, 0.15) is 12.5 Å². The molecule has 0 bridgehead atoms. The van der Waals surface area contributed by atoms with E-state index in [9.17, 15) is 49.2 Å². The van der Waals surface area contributed by atoms with E-state index in [2.05, 4.69) is 15.0 Å². The number of imidazole rings is 1. The Bertz CT molecular complexity index is 1630. The van der Waals surface area contributed by atoms with E-state index in [-0.39, 0.29) is 17.1 Å². The Hall–Kier alpha value is -3.30. The molecule has 3 aromatic rings. The normalized spacial score (nSPS) is 32.9. The van der Waals surface area contributed by atoms with E-state index in [1.165, 1.54) is 0 Å². The molecule has 0 spiro atoms. The van der Waals surface area contributed by atoms with Gasteiger partial charge in [-0.1, -0.05) is 0 Å². The Kier molecular flexibility index (Phi) is 7.25. The molecule has 218 valence electrons. The predicted octanol–water partition coefficient (Wildman–Crippen LogP) is -5.42. The Morgan fingerprint density at radius 2 is 1.82 bits per heavy atom. The van der Waals surface area contributed by atoms with E-state index in [0.717, 1.165) is 23.2 Å². The van der Waals surface area contributed by atoms with Crippen LogP contribution >= 0.6 is 7.82 Å². The Morgan fingerprint density at radius 1 is 1.12 bits per heavy atom. The number of nitrogens with two attached hydrogens (primary N) is 1. The van der Waals surface area contributed by atoms with E-state index >= 15 is 0 Å². The highest BCUT2D eigenvalue weighted by Crippen LogP contribution is 2.47. The number of phosphoric acid groups is 1. The van der Waals surface area contributed by atoms with Crippen LogP contribution in [0.3, 0.4) is 0 Å². The number of H-pyrrole nitrogens is 2. The lowest BCUT2D eigenvalue weighted by molar-refractivity contribution is -0.235. The number of rotatable bonds is 7. The van der Waals surface area contributed by atoms with Crippen molar-refractivity contribution < 1.29 is 48.8 Å². The molecule has 2 fully saturated rings. The number of anilines is 1. The number of phosphoric ester groups is 1. The van der Waals surface area contributed by atoms with Crippen LogP contribution in [-0.2, 0) is 18.6 Å². The molecular formula is C19H23N7O13P-. The minimum Gasteiger partial charge on any atom is -0.756 e. The van der Waals surface area contributed by atoms with Crippen molar-refractivity contribution in [2.45, 2.75) is 49.1 Å². The number of nitrogen functional groups attached to an aromatic ring is 1. The smallest absolute Gasteiger partial charge is 0.330 e. The van der Waals surface area contributed by atoms with Gasteiger partial charge in [0.25, 0.3) is 18.9 Å². The highest BCUT2D eigenvalue weighted by Gasteiger charge is 2.57. The Labute approximate surface area is 220 Å². The van der Waals surface area contributed by atoms with Gasteiger partial charge in [0, 0.05) is 18.2 Å². The van der Waals surface area contributed by atoms with Crippen LogP contribution in [0.2, 0.25) is 0 Å². The molecule has 5 rings (SSSR count). The average molecular weight is 588 g/mol. The quantitative estimate of drug-likeness (QED) is 0.119. The molecule has 0 amide bonds. The maximum absolute atomic E-state index is 12.2. The Balaban J connectivity index is 1.54. The summed E-state index contributed by atoms with van der Waals surface area (Å²) in [7, 11) is -5.66. The molecule has 2 saturated heterocycles. The second-order valence-corrected chi connectivity index (χ2v) is 10.3. The summed E-state index contributed by atoms with van der Waals surface area (Å²) in [5.74, 6) is -1.89.